The van der Waals surface area contributed by atoms with Crippen LogP contribution in [0.1, 0.15) is 61.2 Å². The molecule has 3 rings (SSSR count). The third-order valence-corrected chi connectivity index (χ3v) is 6.00. The zero-order chi connectivity index (χ0) is 25.7. The molecule has 0 unspecified atom stereocenters. The third-order valence-electron chi connectivity index (χ3n) is 6.00. The van der Waals surface area contributed by atoms with E-state index >= 15 is 0 Å². The van der Waals surface area contributed by atoms with Gasteiger partial charge in [0.25, 0.3) is 5.56 Å². The molecule has 35 heavy (non-hydrogen) atoms. The zero-order valence-electron chi connectivity index (χ0n) is 20.9. The van der Waals surface area contributed by atoms with E-state index in [1.54, 1.807) is 18.3 Å². The first-order valence-corrected chi connectivity index (χ1v) is 11.8. The fourth-order valence-corrected chi connectivity index (χ4v) is 4.32. The highest BCUT2D eigenvalue weighted by Gasteiger charge is 2.27. The van der Waals surface area contributed by atoms with Gasteiger partial charge in [-0.1, -0.05) is 38.1 Å². The number of pyridine rings is 2. The second-order valence-corrected chi connectivity index (χ2v) is 9.47. The van der Waals surface area contributed by atoms with E-state index in [4.69, 9.17) is 4.98 Å². The average Bonchev–Trinajstić information content (AvgIpc) is 2.77. The van der Waals surface area contributed by atoms with Crippen LogP contribution in [-0.2, 0) is 9.59 Å². The van der Waals surface area contributed by atoms with Gasteiger partial charge >= 0.3 is 5.97 Å². The van der Waals surface area contributed by atoms with Crippen LogP contribution in [0.15, 0.2) is 59.5 Å². The molecular formula is C28H33N3O4. The normalized spacial score (nSPS) is 12.9. The number of carbonyl (C=O) groups excluding carboxylic acids is 1. The van der Waals surface area contributed by atoms with Gasteiger partial charge in [0.05, 0.1) is 23.9 Å². The molecule has 0 aliphatic carbocycles. The highest BCUT2D eigenvalue weighted by atomic mass is 16.4. The summed E-state index contributed by atoms with van der Waals surface area (Å²) in [5.41, 5.74) is 4.82. The van der Waals surface area contributed by atoms with Gasteiger partial charge in [-0.05, 0) is 68.0 Å². The minimum absolute atomic E-state index is 0.141. The Morgan fingerprint density at radius 2 is 1.69 bits per heavy atom. The van der Waals surface area contributed by atoms with E-state index in [1.165, 1.54) is 10.6 Å². The number of aromatic nitrogens is 2. The number of hydrogen-bond acceptors (Lipinski definition) is 4. The van der Waals surface area contributed by atoms with Crippen LogP contribution in [0.3, 0.4) is 0 Å². The molecule has 3 aromatic rings. The third kappa shape index (κ3) is 6.44. The predicted octanol–water partition coefficient (Wildman–Crippen LogP) is 4.75. The standard InChI is InChI=1S/C28H33N3O4/c1-17(2)14-24(31-13-12-18(3)15-25(31)32)28(35)30-23(16-26(33)34)21-10-7-11-22(29-21)27-19(4)8-6-9-20(27)5/h6-13,15,17,23-24H,14,16H2,1-5H3,(H,30,35)(H,33,34)/t23-,24-/m1/s1. The minimum Gasteiger partial charge on any atom is -0.481 e. The van der Waals surface area contributed by atoms with Crippen LogP contribution in [0.5, 0.6) is 0 Å². The van der Waals surface area contributed by atoms with Crippen molar-refractivity contribution in [1.82, 2.24) is 14.9 Å². The number of aryl methyl sites for hydroxylation is 3. The van der Waals surface area contributed by atoms with Gasteiger partial charge < -0.3 is 15.0 Å². The molecule has 2 heterocycles. The van der Waals surface area contributed by atoms with Crippen molar-refractivity contribution in [1.29, 1.82) is 0 Å². The predicted molar refractivity (Wildman–Crippen MR) is 136 cm³/mol. The van der Waals surface area contributed by atoms with Crippen molar-refractivity contribution < 1.29 is 14.7 Å². The second-order valence-electron chi connectivity index (χ2n) is 9.47. The van der Waals surface area contributed by atoms with Gasteiger partial charge in [0, 0.05) is 17.8 Å². The summed E-state index contributed by atoms with van der Waals surface area (Å²) in [4.78, 5) is 42.5. The topological polar surface area (TPSA) is 101 Å². The van der Waals surface area contributed by atoms with Gasteiger partial charge in [0.1, 0.15) is 6.04 Å². The van der Waals surface area contributed by atoms with E-state index in [-0.39, 0.29) is 17.9 Å². The summed E-state index contributed by atoms with van der Waals surface area (Å²) in [5, 5.41) is 12.5. The number of hydrogen-bond donors (Lipinski definition) is 2. The van der Waals surface area contributed by atoms with Gasteiger partial charge in [-0.3, -0.25) is 19.4 Å². The maximum atomic E-state index is 13.5. The van der Waals surface area contributed by atoms with Crippen LogP contribution >= 0.6 is 0 Å². The largest absolute Gasteiger partial charge is 0.481 e. The van der Waals surface area contributed by atoms with Crippen molar-refractivity contribution in [3.05, 3.63) is 87.5 Å². The molecule has 0 aliphatic rings. The van der Waals surface area contributed by atoms with Crippen LogP contribution in [0.25, 0.3) is 11.3 Å². The number of carboxylic acid groups (broad SMARTS) is 1. The Bertz CT molecular complexity index is 1260. The zero-order valence-corrected chi connectivity index (χ0v) is 20.9. The fraction of sp³-hybridized carbons (Fsp3) is 0.357. The van der Waals surface area contributed by atoms with Crippen LogP contribution < -0.4 is 10.9 Å². The maximum absolute atomic E-state index is 13.5. The Morgan fingerprint density at radius 3 is 2.29 bits per heavy atom. The summed E-state index contributed by atoms with van der Waals surface area (Å²) >= 11 is 0. The van der Waals surface area contributed by atoms with Gasteiger partial charge in [-0.25, -0.2) is 0 Å². The SMILES string of the molecule is Cc1ccn([C@H](CC(C)C)C(=O)N[C@H](CC(=O)O)c2cccc(-c3c(C)cccc3C)n2)c(=O)c1. The molecule has 2 aromatic heterocycles. The Labute approximate surface area is 205 Å². The number of nitrogens with one attached hydrogen (secondary N) is 1. The van der Waals surface area contributed by atoms with E-state index < -0.39 is 24.0 Å². The van der Waals surface area contributed by atoms with Crippen LogP contribution in [0.2, 0.25) is 0 Å². The van der Waals surface area contributed by atoms with Crippen molar-refractivity contribution in [2.24, 2.45) is 5.92 Å². The number of aliphatic carboxylic acids is 1. The van der Waals surface area contributed by atoms with Gasteiger partial charge in [0.15, 0.2) is 0 Å². The maximum Gasteiger partial charge on any atom is 0.305 e. The van der Waals surface area contributed by atoms with Crippen LogP contribution in [0.4, 0.5) is 0 Å². The number of carboxylic acids is 1. The first-order valence-electron chi connectivity index (χ1n) is 11.8. The molecule has 1 aromatic carbocycles. The molecule has 0 saturated carbocycles. The lowest BCUT2D eigenvalue weighted by molar-refractivity contribution is -0.138. The van der Waals surface area contributed by atoms with Crippen LogP contribution in [0, 0.1) is 26.7 Å². The highest BCUT2D eigenvalue weighted by molar-refractivity contribution is 5.81. The summed E-state index contributed by atoms with van der Waals surface area (Å²) in [7, 11) is 0. The molecule has 7 heteroatoms. The van der Waals surface area contributed by atoms with E-state index in [0.29, 0.717) is 12.1 Å². The number of benzene rings is 1. The fourth-order valence-electron chi connectivity index (χ4n) is 4.32. The lowest BCUT2D eigenvalue weighted by Gasteiger charge is -2.25. The highest BCUT2D eigenvalue weighted by Crippen LogP contribution is 2.28. The summed E-state index contributed by atoms with van der Waals surface area (Å²) < 4.78 is 1.42. The minimum atomic E-state index is -1.05. The summed E-state index contributed by atoms with van der Waals surface area (Å²) in [6, 6.07) is 13.1. The van der Waals surface area contributed by atoms with E-state index in [9.17, 15) is 19.5 Å². The van der Waals surface area contributed by atoms with Gasteiger partial charge in [0.2, 0.25) is 5.91 Å². The molecule has 2 atom stereocenters. The first kappa shape index (κ1) is 25.9. The Morgan fingerprint density at radius 1 is 1.03 bits per heavy atom. The molecule has 7 nitrogen and oxygen atoms in total. The number of rotatable bonds is 9. The van der Waals surface area contributed by atoms with Crippen LogP contribution in [-0.4, -0.2) is 26.5 Å². The molecular weight excluding hydrogens is 442 g/mol. The summed E-state index contributed by atoms with van der Waals surface area (Å²) in [6.07, 6.45) is 1.73. The Kier molecular flexibility index (Phi) is 8.22. The van der Waals surface area contributed by atoms with E-state index in [1.807, 2.05) is 65.0 Å². The van der Waals surface area contributed by atoms with Crippen molar-refractivity contribution in [2.45, 2.75) is 59.5 Å². The van der Waals surface area contributed by atoms with E-state index in [2.05, 4.69) is 5.32 Å². The number of carbonyl (C=O) groups is 2. The average molecular weight is 476 g/mol. The lowest BCUT2D eigenvalue weighted by atomic mass is 9.98. The number of nitrogens with zero attached hydrogens (tertiary/aromatic N) is 2. The molecule has 0 aliphatic heterocycles. The Hall–Kier alpha value is -3.74. The second kappa shape index (κ2) is 11.1. The van der Waals surface area contributed by atoms with Crippen molar-refractivity contribution in [3.63, 3.8) is 0 Å². The molecule has 184 valence electrons. The quantitative estimate of drug-likeness (QED) is 0.465. The monoisotopic (exact) mass is 475 g/mol. The van der Waals surface area contributed by atoms with Crippen molar-refractivity contribution in [3.8, 4) is 11.3 Å². The summed E-state index contributed by atoms with van der Waals surface area (Å²) in [6.45, 7) is 9.78. The molecule has 2 N–H and O–H groups in total. The number of amides is 1. The van der Waals surface area contributed by atoms with Crippen molar-refractivity contribution in [2.75, 3.05) is 0 Å². The molecule has 0 spiro atoms. The first-order chi connectivity index (χ1) is 16.6. The molecule has 0 bridgehead atoms. The molecule has 0 saturated heterocycles. The molecule has 0 radical (unpaired) electrons. The van der Waals surface area contributed by atoms with Gasteiger partial charge in [-0.15, -0.1) is 0 Å². The summed E-state index contributed by atoms with van der Waals surface area (Å²) in [5.74, 6) is -1.32. The molecule has 0 fully saturated rings. The van der Waals surface area contributed by atoms with E-state index in [0.717, 1.165) is 27.9 Å². The Balaban J connectivity index is 1.98. The van der Waals surface area contributed by atoms with Crippen molar-refractivity contribution >= 4 is 11.9 Å². The van der Waals surface area contributed by atoms with Gasteiger partial charge in [-0.2, -0.15) is 0 Å². The molecule has 1 amide bonds. The lowest BCUT2D eigenvalue weighted by Crippen LogP contribution is -2.40. The smallest absolute Gasteiger partial charge is 0.305 e.